The molecule has 1 aromatic heterocycles. The lowest BCUT2D eigenvalue weighted by atomic mass is 9.86. The standard InChI is InChI=1S/C15H22ClN3O2S/c1-11(18-14(20)12-13(16)17-10-22-12)15(4-2-3-5-15)19-6-8-21-9-7-19/h10-11H,2-9H2,1H3,(H,18,20)/t11-/m1/s1. The van der Waals surface area contributed by atoms with Crippen molar-refractivity contribution in [1.82, 2.24) is 15.2 Å². The van der Waals surface area contributed by atoms with Crippen LogP contribution in [0.25, 0.3) is 0 Å². The molecule has 122 valence electrons. The normalized spacial score (nSPS) is 23.4. The van der Waals surface area contributed by atoms with E-state index in [2.05, 4.69) is 22.1 Å². The first-order chi connectivity index (χ1) is 10.6. The van der Waals surface area contributed by atoms with E-state index < -0.39 is 0 Å². The minimum Gasteiger partial charge on any atom is -0.379 e. The molecular formula is C15H22ClN3O2S. The fraction of sp³-hybridized carbons (Fsp3) is 0.733. The van der Waals surface area contributed by atoms with E-state index in [1.807, 2.05) is 0 Å². The van der Waals surface area contributed by atoms with Crippen LogP contribution in [0, 0.1) is 0 Å². The van der Waals surface area contributed by atoms with Gasteiger partial charge in [0.25, 0.3) is 5.91 Å². The Balaban J connectivity index is 1.74. The zero-order valence-electron chi connectivity index (χ0n) is 12.8. The molecule has 0 aromatic carbocycles. The van der Waals surface area contributed by atoms with Gasteiger partial charge in [-0.2, -0.15) is 0 Å². The number of carbonyl (C=O) groups excluding carboxylic acids is 1. The molecule has 2 aliphatic rings. The van der Waals surface area contributed by atoms with Gasteiger partial charge in [0.15, 0.2) is 5.15 Å². The summed E-state index contributed by atoms with van der Waals surface area (Å²) in [6.45, 7) is 5.57. The molecule has 2 heterocycles. The average Bonchev–Trinajstić information content (AvgIpc) is 3.17. The Morgan fingerprint density at radius 2 is 2.14 bits per heavy atom. The zero-order chi connectivity index (χ0) is 15.6. The third-order valence-electron chi connectivity index (χ3n) is 4.99. The van der Waals surface area contributed by atoms with Gasteiger partial charge >= 0.3 is 0 Å². The molecule has 1 aromatic rings. The third kappa shape index (κ3) is 3.02. The monoisotopic (exact) mass is 343 g/mol. The maximum atomic E-state index is 12.5. The molecule has 5 nitrogen and oxygen atoms in total. The van der Waals surface area contributed by atoms with Crippen LogP contribution in [-0.4, -0.2) is 53.7 Å². The van der Waals surface area contributed by atoms with E-state index >= 15 is 0 Å². The highest BCUT2D eigenvalue weighted by Gasteiger charge is 2.45. The minimum absolute atomic E-state index is 0.0522. The van der Waals surface area contributed by atoms with Crippen LogP contribution in [0.4, 0.5) is 0 Å². The molecule has 22 heavy (non-hydrogen) atoms. The summed E-state index contributed by atoms with van der Waals surface area (Å²) in [5.41, 5.74) is 1.66. The predicted molar refractivity (Wildman–Crippen MR) is 87.6 cm³/mol. The number of ether oxygens (including phenoxy) is 1. The number of hydrogen-bond acceptors (Lipinski definition) is 5. The van der Waals surface area contributed by atoms with Gasteiger partial charge in [-0.3, -0.25) is 9.69 Å². The van der Waals surface area contributed by atoms with E-state index in [9.17, 15) is 4.79 Å². The van der Waals surface area contributed by atoms with Crippen LogP contribution in [0.1, 0.15) is 42.3 Å². The summed E-state index contributed by atoms with van der Waals surface area (Å²) in [5.74, 6) is -0.112. The Morgan fingerprint density at radius 1 is 1.45 bits per heavy atom. The van der Waals surface area contributed by atoms with Crippen molar-refractivity contribution in [1.29, 1.82) is 0 Å². The van der Waals surface area contributed by atoms with Gasteiger partial charge in [-0.1, -0.05) is 24.4 Å². The third-order valence-corrected chi connectivity index (χ3v) is 6.22. The second-order valence-corrected chi connectivity index (χ2v) is 7.29. The van der Waals surface area contributed by atoms with Crippen molar-refractivity contribution in [3.63, 3.8) is 0 Å². The van der Waals surface area contributed by atoms with Crippen LogP contribution >= 0.6 is 22.9 Å². The molecule has 1 aliphatic carbocycles. The van der Waals surface area contributed by atoms with E-state index in [-0.39, 0.29) is 17.5 Å². The lowest BCUT2D eigenvalue weighted by Gasteiger charge is -2.47. The fourth-order valence-electron chi connectivity index (χ4n) is 3.80. The maximum absolute atomic E-state index is 12.5. The molecule has 1 saturated heterocycles. The van der Waals surface area contributed by atoms with Crippen molar-refractivity contribution in [2.45, 2.75) is 44.2 Å². The van der Waals surface area contributed by atoms with Crippen LogP contribution in [0.3, 0.4) is 0 Å². The number of morpholine rings is 1. The Hall–Kier alpha value is -0.690. The molecule has 2 fully saturated rings. The molecular weight excluding hydrogens is 322 g/mol. The highest BCUT2D eigenvalue weighted by molar-refractivity contribution is 7.12. The van der Waals surface area contributed by atoms with Gasteiger partial charge in [-0.05, 0) is 19.8 Å². The first-order valence-corrected chi connectivity index (χ1v) is 9.12. The van der Waals surface area contributed by atoms with Crippen molar-refractivity contribution in [3.05, 3.63) is 15.5 Å². The first kappa shape index (κ1) is 16.2. The number of rotatable bonds is 4. The van der Waals surface area contributed by atoms with Crippen LogP contribution in [0.5, 0.6) is 0 Å². The summed E-state index contributed by atoms with van der Waals surface area (Å²) in [5, 5.41) is 3.46. The molecule has 1 N–H and O–H groups in total. The van der Waals surface area contributed by atoms with Crippen molar-refractivity contribution in [2.75, 3.05) is 26.3 Å². The Morgan fingerprint density at radius 3 is 2.73 bits per heavy atom. The summed E-state index contributed by atoms with van der Waals surface area (Å²) >= 11 is 7.26. The maximum Gasteiger partial charge on any atom is 0.264 e. The smallest absolute Gasteiger partial charge is 0.264 e. The average molecular weight is 344 g/mol. The lowest BCUT2D eigenvalue weighted by molar-refractivity contribution is -0.0323. The van der Waals surface area contributed by atoms with Crippen LogP contribution in [-0.2, 0) is 4.74 Å². The highest BCUT2D eigenvalue weighted by atomic mass is 35.5. The molecule has 1 amide bonds. The van der Waals surface area contributed by atoms with Crippen LogP contribution < -0.4 is 5.32 Å². The number of hydrogen-bond donors (Lipinski definition) is 1. The zero-order valence-corrected chi connectivity index (χ0v) is 14.4. The molecule has 1 aliphatic heterocycles. The van der Waals surface area contributed by atoms with Gasteiger partial charge in [0.1, 0.15) is 4.88 Å². The van der Waals surface area contributed by atoms with Crippen molar-refractivity contribution < 1.29 is 9.53 Å². The predicted octanol–water partition coefficient (Wildman–Crippen LogP) is 2.56. The van der Waals surface area contributed by atoms with Gasteiger partial charge < -0.3 is 10.1 Å². The molecule has 1 saturated carbocycles. The van der Waals surface area contributed by atoms with E-state index in [1.165, 1.54) is 24.2 Å². The number of nitrogens with one attached hydrogen (secondary N) is 1. The van der Waals surface area contributed by atoms with E-state index in [0.717, 1.165) is 39.1 Å². The SMILES string of the molecule is C[C@@H](NC(=O)c1scnc1Cl)C1(N2CCOCC2)CCCC1. The molecule has 3 rings (SSSR count). The summed E-state index contributed by atoms with van der Waals surface area (Å²) < 4.78 is 5.49. The number of nitrogens with zero attached hydrogens (tertiary/aromatic N) is 2. The van der Waals surface area contributed by atoms with Crippen molar-refractivity contribution in [2.24, 2.45) is 0 Å². The second-order valence-electron chi connectivity index (χ2n) is 6.08. The van der Waals surface area contributed by atoms with Crippen molar-refractivity contribution in [3.8, 4) is 0 Å². The van der Waals surface area contributed by atoms with E-state index in [0.29, 0.717) is 10.0 Å². The summed E-state index contributed by atoms with van der Waals surface area (Å²) in [7, 11) is 0. The number of thiazole rings is 1. The van der Waals surface area contributed by atoms with Crippen LogP contribution in [0.15, 0.2) is 5.51 Å². The van der Waals surface area contributed by atoms with E-state index in [4.69, 9.17) is 16.3 Å². The largest absolute Gasteiger partial charge is 0.379 e. The van der Waals surface area contributed by atoms with Gasteiger partial charge in [0.2, 0.25) is 0 Å². The molecule has 1 atom stereocenters. The molecule has 0 spiro atoms. The van der Waals surface area contributed by atoms with E-state index in [1.54, 1.807) is 5.51 Å². The molecule has 0 unspecified atom stereocenters. The topological polar surface area (TPSA) is 54.5 Å². The second kappa shape index (κ2) is 6.83. The van der Waals surface area contributed by atoms with Gasteiger partial charge in [-0.15, -0.1) is 11.3 Å². The first-order valence-electron chi connectivity index (χ1n) is 7.86. The fourth-order valence-corrected chi connectivity index (χ4v) is 4.70. The van der Waals surface area contributed by atoms with Crippen molar-refractivity contribution >= 4 is 28.8 Å². The Kier molecular flexibility index (Phi) is 5.02. The number of aromatic nitrogens is 1. The van der Waals surface area contributed by atoms with Crippen LogP contribution in [0.2, 0.25) is 5.15 Å². The lowest BCUT2D eigenvalue weighted by Crippen LogP contribution is -2.62. The summed E-state index contributed by atoms with van der Waals surface area (Å²) in [6, 6.07) is 0.0822. The Labute approximate surface area is 140 Å². The number of amides is 1. The van der Waals surface area contributed by atoms with Gasteiger partial charge in [-0.25, -0.2) is 4.98 Å². The van der Waals surface area contributed by atoms with Gasteiger partial charge in [0, 0.05) is 24.7 Å². The van der Waals surface area contributed by atoms with Gasteiger partial charge in [0.05, 0.1) is 18.7 Å². The minimum atomic E-state index is -0.112. The highest BCUT2D eigenvalue weighted by Crippen LogP contribution is 2.38. The molecule has 0 radical (unpaired) electrons. The summed E-state index contributed by atoms with van der Waals surface area (Å²) in [4.78, 5) is 19.4. The number of halogens is 1. The summed E-state index contributed by atoms with van der Waals surface area (Å²) in [6.07, 6.45) is 4.70. The Bertz CT molecular complexity index is 525. The quantitative estimate of drug-likeness (QED) is 0.912. The number of carbonyl (C=O) groups is 1. The molecule has 7 heteroatoms. The molecule has 0 bridgehead atoms.